The number of ketones is 1. The number of carbonyl (C=O) groups excluding carboxylic acids is 6. The highest BCUT2D eigenvalue weighted by Gasteiger charge is 2.52. The Morgan fingerprint density at radius 3 is 2.06 bits per heavy atom. The van der Waals surface area contributed by atoms with Crippen LogP contribution in [0.15, 0.2) is 48.5 Å². The third kappa shape index (κ3) is 11.4. The van der Waals surface area contributed by atoms with Crippen molar-refractivity contribution in [2.24, 2.45) is 0 Å². The summed E-state index contributed by atoms with van der Waals surface area (Å²) in [6.45, 7) is 3.99. The number of nitrogens with zero attached hydrogens (tertiary/aromatic N) is 1. The van der Waals surface area contributed by atoms with Crippen LogP contribution in [0, 0.1) is 10.1 Å². The van der Waals surface area contributed by atoms with Gasteiger partial charge < -0.3 is 39.1 Å². The van der Waals surface area contributed by atoms with E-state index in [2.05, 4.69) is 10.6 Å². The molecule has 1 aliphatic rings. The highest BCUT2D eigenvalue weighted by atomic mass is 16.7. The van der Waals surface area contributed by atoms with E-state index in [4.69, 9.17) is 28.4 Å². The average molecular weight is 686 g/mol. The molecule has 1 saturated heterocycles. The molecule has 0 saturated carbocycles. The van der Waals surface area contributed by atoms with Gasteiger partial charge in [0, 0.05) is 39.8 Å². The van der Waals surface area contributed by atoms with Crippen molar-refractivity contribution in [3.05, 3.63) is 64.2 Å². The number of nitro benzene ring substituents is 1. The number of nitro groups is 1. The fraction of sp³-hybridized carbons (Fsp3) is 0.375. The summed E-state index contributed by atoms with van der Waals surface area (Å²) in [5.74, 6) is -3.35. The van der Waals surface area contributed by atoms with Gasteiger partial charge in [0.25, 0.3) is 5.69 Å². The number of benzene rings is 2. The van der Waals surface area contributed by atoms with Crippen LogP contribution in [0.25, 0.3) is 6.08 Å². The van der Waals surface area contributed by atoms with Crippen LogP contribution < -0.4 is 15.4 Å². The van der Waals surface area contributed by atoms with E-state index in [1.54, 1.807) is 18.2 Å². The van der Waals surface area contributed by atoms with Crippen LogP contribution in [0.4, 0.5) is 21.9 Å². The average Bonchev–Trinajstić information content (AvgIpc) is 3.01. The van der Waals surface area contributed by atoms with E-state index < -0.39 is 84.2 Å². The number of rotatable bonds is 13. The molecule has 2 amide bonds. The minimum atomic E-state index is -1.41. The number of amides is 2. The third-order valence-electron chi connectivity index (χ3n) is 6.75. The van der Waals surface area contributed by atoms with Crippen LogP contribution in [0.3, 0.4) is 0 Å². The SMILES string of the molecule is COc1ccc(NC(=O)Nc2cccc(/C=C/C(=O)C[C@@H]3O[C@H](COC(C)=O)[C@@H](OC(C)=O)[C@H](OC(C)=O)[C@H]3OC(C)=O)c2)c([N+](=O)[O-])c1. The Morgan fingerprint density at radius 2 is 1.47 bits per heavy atom. The molecule has 17 heteroatoms. The predicted octanol–water partition coefficient (Wildman–Crippen LogP) is 3.35. The molecule has 0 spiro atoms. The minimum Gasteiger partial charge on any atom is -0.496 e. The summed E-state index contributed by atoms with van der Waals surface area (Å²) in [4.78, 5) is 84.0. The van der Waals surface area contributed by atoms with Crippen LogP contribution in [0.2, 0.25) is 0 Å². The highest BCUT2D eigenvalue weighted by Crippen LogP contribution is 2.32. The smallest absolute Gasteiger partial charge is 0.323 e. The van der Waals surface area contributed by atoms with Crippen LogP contribution in [0.5, 0.6) is 5.75 Å². The van der Waals surface area contributed by atoms with Crippen LogP contribution in [-0.4, -0.2) is 84.9 Å². The Hall–Kier alpha value is -5.84. The number of urea groups is 1. The molecule has 0 unspecified atom stereocenters. The molecule has 5 atom stereocenters. The second-order valence-corrected chi connectivity index (χ2v) is 10.6. The monoisotopic (exact) mass is 685 g/mol. The lowest BCUT2D eigenvalue weighted by atomic mass is 9.91. The lowest BCUT2D eigenvalue weighted by Gasteiger charge is -2.44. The summed E-state index contributed by atoms with van der Waals surface area (Å²) in [5.41, 5.74) is 0.333. The molecule has 3 rings (SSSR count). The van der Waals surface area contributed by atoms with Crippen molar-refractivity contribution in [3.63, 3.8) is 0 Å². The number of esters is 4. The van der Waals surface area contributed by atoms with Crippen molar-refractivity contribution < 1.29 is 62.1 Å². The lowest BCUT2D eigenvalue weighted by Crippen LogP contribution is -2.62. The minimum absolute atomic E-state index is 0.0628. The van der Waals surface area contributed by atoms with Gasteiger partial charge in [-0.25, -0.2) is 4.79 Å². The molecule has 262 valence electrons. The van der Waals surface area contributed by atoms with Crippen molar-refractivity contribution >= 4 is 58.8 Å². The fourth-order valence-corrected chi connectivity index (χ4v) is 4.84. The lowest BCUT2D eigenvalue weighted by molar-refractivity contribution is -0.384. The summed E-state index contributed by atoms with van der Waals surface area (Å²) in [5, 5.41) is 16.4. The van der Waals surface area contributed by atoms with E-state index in [1.807, 2.05) is 0 Å². The van der Waals surface area contributed by atoms with Crippen LogP contribution in [0.1, 0.15) is 39.7 Å². The number of ether oxygens (including phenoxy) is 6. The number of nitrogens with one attached hydrogen (secondary N) is 2. The summed E-state index contributed by atoms with van der Waals surface area (Å²) in [6.07, 6.45) is -4.33. The van der Waals surface area contributed by atoms with Gasteiger partial charge in [-0.2, -0.15) is 0 Å². The number of hydrogen-bond donors (Lipinski definition) is 2. The normalized spacial score (nSPS) is 20.0. The van der Waals surface area contributed by atoms with E-state index in [0.29, 0.717) is 11.3 Å². The molecule has 2 N–H and O–H groups in total. The molecular formula is C32H35N3O14. The quantitative estimate of drug-likeness (QED) is 0.101. The molecule has 0 radical (unpaired) electrons. The van der Waals surface area contributed by atoms with Gasteiger partial charge in [0.05, 0.1) is 18.1 Å². The molecule has 0 aliphatic carbocycles. The van der Waals surface area contributed by atoms with E-state index >= 15 is 0 Å². The van der Waals surface area contributed by atoms with Gasteiger partial charge in [0.2, 0.25) is 0 Å². The fourth-order valence-electron chi connectivity index (χ4n) is 4.84. The second kappa shape index (κ2) is 17.4. The van der Waals surface area contributed by atoms with Gasteiger partial charge in [-0.3, -0.25) is 34.1 Å². The molecule has 2 aromatic rings. The highest BCUT2D eigenvalue weighted by molar-refractivity contribution is 6.01. The molecule has 1 aliphatic heterocycles. The third-order valence-corrected chi connectivity index (χ3v) is 6.75. The molecular weight excluding hydrogens is 650 g/mol. The summed E-state index contributed by atoms with van der Waals surface area (Å²) in [7, 11) is 1.35. The summed E-state index contributed by atoms with van der Waals surface area (Å²) < 4.78 is 32.1. The first kappa shape index (κ1) is 37.6. The Bertz CT molecular complexity index is 1620. The maximum absolute atomic E-state index is 13.1. The van der Waals surface area contributed by atoms with E-state index in [-0.39, 0.29) is 17.1 Å². The number of methoxy groups -OCH3 is 1. The maximum Gasteiger partial charge on any atom is 0.323 e. The Kier molecular flexibility index (Phi) is 13.3. The van der Waals surface area contributed by atoms with Crippen molar-refractivity contribution in [2.45, 2.75) is 64.6 Å². The number of allylic oxidation sites excluding steroid dienone is 1. The van der Waals surface area contributed by atoms with E-state index in [9.17, 15) is 38.9 Å². The van der Waals surface area contributed by atoms with Crippen LogP contribution >= 0.6 is 0 Å². The predicted molar refractivity (Wildman–Crippen MR) is 169 cm³/mol. The first-order chi connectivity index (χ1) is 23.2. The largest absolute Gasteiger partial charge is 0.496 e. The number of hydrogen-bond acceptors (Lipinski definition) is 14. The van der Waals surface area contributed by atoms with Gasteiger partial charge in [-0.15, -0.1) is 0 Å². The van der Waals surface area contributed by atoms with Gasteiger partial charge in [-0.05, 0) is 35.9 Å². The first-order valence-corrected chi connectivity index (χ1v) is 14.7. The molecule has 49 heavy (non-hydrogen) atoms. The first-order valence-electron chi connectivity index (χ1n) is 14.7. The zero-order chi connectivity index (χ0) is 36.2. The second-order valence-electron chi connectivity index (χ2n) is 10.6. The summed E-state index contributed by atoms with van der Waals surface area (Å²) >= 11 is 0. The maximum atomic E-state index is 13.1. The summed E-state index contributed by atoms with van der Waals surface area (Å²) in [6, 6.07) is 9.48. The van der Waals surface area contributed by atoms with Crippen molar-refractivity contribution in [3.8, 4) is 5.75 Å². The zero-order valence-electron chi connectivity index (χ0n) is 27.2. The molecule has 0 aromatic heterocycles. The molecule has 1 fully saturated rings. The number of anilines is 2. The van der Waals surface area contributed by atoms with Crippen LogP contribution in [-0.2, 0) is 47.7 Å². The Balaban J connectivity index is 1.78. The van der Waals surface area contributed by atoms with Crippen molar-refractivity contribution in [1.29, 1.82) is 0 Å². The Labute approximate surface area is 279 Å². The number of carbonyl (C=O) groups is 6. The van der Waals surface area contributed by atoms with Crippen molar-refractivity contribution in [2.75, 3.05) is 24.4 Å². The molecule has 0 bridgehead atoms. The van der Waals surface area contributed by atoms with E-state index in [1.165, 1.54) is 43.5 Å². The molecule has 1 heterocycles. The standard InChI is InChI=1S/C32H35N3O14/c1-17(36)45-16-28-30(47-19(3)38)31(48-20(4)39)29(46-18(2)37)27(49-28)14-23(40)10-9-21-7-6-8-22(13-21)33-32(41)34-25-12-11-24(44-5)15-26(25)35(42)43/h6-13,15,27-31H,14,16H2,1-5H3,(H2,33,34,41)/b10-9+/t27-,28+,29-,30+,31+/m0/s1. The van der Waals surface area contributed by atoms with Gasteiger partial charge in [-0.1, -0.05) is 18.2 Å². The van der Waals surface area contributed by atoms with Gasteiger partial charge in [0.15, 0.2) is 24.1 Å². The topological polar surface area (TPSA) is 225 Å². The molecule has 17 nitrogen and oxygen atoms in total. The van der Waals surface area contributed by atoms with Gasteiger partial charge in [0.1, 0.15) is 30.3 Å². The van der Waals surface area contributed by atoms with Crippen molar-refractivity contribution in [1.82, 2.24) is 0 Å². The van der Waals surface area contributed by atoms with Gasteiger partial charge >= 0.3 is 29.9 Å². The Morgan fingerprint density at radius 1 is 0.837 bits per heavy atom. The molecule has 2 aromatic carbocycles. The van der Waals surface area contributed by atoms with E-state index in [0.717, 1.165) is 27.7 Å². The zero-order valence-corrected chi connectivity index (χ0v) is 27.2.